The van der Waals surface area contributed by atoms with Gasteiger partial charge >= 0.3 is 0 Å². The highest BCUT2D eigenvalue weighted by atomic mass is 32.1. The Morgan fingerprint density at radius 1 is 1.28 bits per heavy atom. The van der Waals surface area contributed by atoms with Gasteiger partial charge in [-0.3, -0.25) is 0 Å². The van der Waals surface area contributed by atoms with E-state index < -0.39 is 0 Å². The number of aromatic nitrogens is 2. The fourth-order valence-corrected chi connectivity index (χ4v) is 2.45. The van der Waals surface area contributed by atoms with Gasteiger partial charge in [-0.25, -0.2) is 4.39 Å². The van der Waals surface area contributed by atoms with Crippen molar-refractivity contribution in [3.63, 3.8) is 0 Å². The van der Waals surface area contributed by atoms with E-state index in [4.69, 9.17) is 5.73 Å². The highest BCUT2D eigenvalue weighted by Crippen LogP contribution is 2.20. The van der Waals surface area contributed by atoms with E-state index in [1.165, 1.54) is 6.07 Å². The summed E-state index contributed by atoms with van der Waals surface area (Å²) in [5.41, 5.74) is 6.76. The molecule has 0 amide bonds. The average Bonchev–Trinajstić information content (AvgIpc) is 2.79. The number of anilines is 1. The summed E-state index contributed by atoms with van der Waals surface area (Å²) in [4.78, 5) is 0. The third-order valence-corrected chi connectivity index (χ3v) is 3.95. The molecule has 0 radical (unpaired) electrons. The molecule has 0 unspecified atom stereocenters. The second kappa shape index (κ2) is 5.44. The Morgan fingerprint density at radius 2 is 2.06 bits per heavy atom. The van der Waals surface area contributed by atoms with Gasteiger partial charge in [-0.1, -0.05) is 19.9 Å². The lowest BCUT2D eigenvalue weighted by molar-refractivity contribution is 0.631. The first-order valence-electron chi connectivity index (χ1n) is 5.92. The summed E-state index contributed by atoms with van der Waals surface area (Å²) < 4.78 is 13.0. The van der Waals surface area contributed by atoms with Crippen LogP contribution in [0.15, 0.2) is 18.2 Å². The normalized spacial score (nSPS) is 11.1. The van der Waals surface area contributed by atoms with Crippen LogP contribution in [0.2, 0.25) is 0 Å². The number of benzene rings is 1. The van der Waals surface area contributed by atoms with E-state index in [0.29, 0.717) is 5.92 Å². The molecule has 0 saturated carbocycles. The van der Waals surface area contributed by atoms with Gasteiger partial charge in [-0.2, -0.15) is 0 Å². The third kappa shape index (κ3) is 3.04. The van der Waals surface area contributed by atoms with Gasteiger partial charge in [0.2, 0.25) is 0 Å². The van der Waals surface area contributed by atoms with Crippen LogP contribution in [-0.2, 0) is 12.8 Å². The monoisotopic (exact) mass is 265 g/mol. The van der Waals surface area contributed by atoms with Gasteiger partial charge in [0.05, 0.1) is 5.69 Å². The SMILES string of the molecule is CC(C)c1nnc(CCc2ccc(F)c(N)c2)s1. The Kier molecular flexibility index (Phi) is 3.91. The van der Waals surface area contributed by atoms with Crippen LogP contribution in [0.1, 0.15) is 35.3 Å². The number of hydrogen-bond acceptors (Lipinski definition) is 4. The van der Waals surface area contributed by atoms with E-state index in [9.17, 15) is 4.39 Å². The summed E-state index contributed by atoms with van der Waals surface area (Å²) in [6, 6.07) is 4.85. The minimum absolute atomic E-state index is 0.202. The van der Waals surface area contributed by atoms with Crippen LogP contribution < -0.4 is 5.73 Å². The van der Waals surface area contributed by atoms with Crippen LogP contribution in [0.5, 0.6) is 0 Å². The van der Waals surface area contributed by atoms with E-state index in [-0.39, 0.29) is 11.5 Å². The number of hydrogen-bond donors (Lipinski definition) is 1. The Balaban J connectivity index is 2.00. The zero-order valence-electron chi connectivity index (χ0n) is 10.5. The molecule has 0 spiro atoms. The number of rotatable bonds is 4. The van der Waals surface area contributed by atoms with E-state index >= 15 is 0 Å². The molecule has 0 aliphatic rings. The predicted molar refractivity (Wildman–Crippen MR) is 72.2 cm³/mol. The van der Waals surface area contributed by atoms with E-state index in [2.05, 4.69) is 24.0 Å². The molecule has 2 N–H and O–H groups in total. The van der Waals surface area contributed by atoms with Crippen molar-refractivity contribution in [3.05, 3.63) is 39.6 Å². The molecule has 18 heavy (non-hydrogen) atoms. The fraction of sp³-hybridized carbons (Fsp3) is 0.385. The maximum Gasteiger partial charge on any atom is 0.146 e. The van der Waals surface area contributed by atoms with Gasteiger partial charge in [0.1, 0.15) is 15.8 Å². The second-order valence-corrected chi connectivity index (χ2v) is 5.64. The van der Waals surface area contributed by atoms with E-state index in [1.807, 2.05) is 0 Å². The van der Waals surface area contributed by atoms with Gasteiger partial charge in [-0.15, -0.1) is 21.5 Å². The Hall–Kier alpha value is -1.49. The Labute approximate surface area is 110 Å². The van der Waals surface area contributed by atoms with Crippen LogP contribution >= 0.6 is 11.3 Å². The average molecular weight is 265 g/mol. The van der Waals surface area contributed by atoms with Gasteiger partial charge in [0.15, 0.2) is 0 Å². The smallest absolute Gasteiger partial charge is 0.146 e. The molecule has 0 atom stereocenters. The summed E-state index contributed by atoms with van der Waals surface area (Å²) in [6.07, 6.45) is 1.62. The summed E-state index contributed by atoms with van der Waals surface area (Å²) in [6.45, 7) is 4.20. The molecule has 0 fully saturated rings. The third-order valence-electron chi connectivity index (χ3n) is 2.66. The van der Waals surface area contributed by atoms with Crippen molar-refractivity contribution in [2.75, 3.05) is 5.73 Å². The van der Waals surface area contributed by atoms with Crippen molar-refractivity contribution < 1.29 is 4.39 Å². The minimum atomic E-state index is -0.364. The lowest BCUT2D eigenvalue weighted by Crippen LogP contribution is -1.95. The zero-order chi connectivity index (χ0) is 13.1. The zero-order valence-corrected chi connectivity index (χ0v) is 11.3. The summed E-state index contributed by atoms with van der Waals surface area (Å²) >= 11 is 1.64. The highest BCUT2D eigenvalue weighted by Gasteiger charge is 2.08. The van der Waals surface area contributed by atoms with E-state index in [0.717, 1.165) is 28.4 Å². The number of nitrogen functional groups attached to an aromatic ring is 1. The van der Waals surface area contributed by atoms with Crippen molar-refractivity contribution in [2.24, 2.45) is 0 Å². The fourth-order valence-electron chi connectivity index (χ4n) is 1.60. The molecule has 0 aliphatic heterocycles. The molecule has 1 aromatic heterocycles. The van der Waals surface area contributed by atoms with Crippen molar-refractivity contribution in [1.82, 2.24) is 10.2 Å². The number of aryl methyl sites for hydroxylation is 2. The van der Waals surface area contributed by atoms with Crippen LogP contribution in [-0.4, -0.2) is 10.2 Å². The highest BCUT2D eigenvalue weighted by molar-refractivity contribution is 7.11. The quantitative estimate of drug-likeness (QED) is 0.864. The number of nitrogens with zero attached hydrogens (tertiary/aromatic N) is 2. The summed E-state index contributed by atoms with van der Waals surface area (Å²) in [5, 5.41) is 10.4. The van der Waals surface area contributed by atoms with Crippen molar-refractivity contribution >= 4 is 17.0 Å². The van der Waals surface area contributed by atoms with Gasteiger partial charge in [0, 0.05) is 12.3 Å². The molecule has 0 bridgehead atoms. The standard InChI is InChI=1S/C13H16FN3S/c1-8(2)13-17-16-12(18-13)6-4-9-3-5-10(14)11(15)7-9/h3,5,7-8H,4,6,15H2,1-2H3. The van der Waals surface area contributed by atoms with Gasteiger partial charge in [0.25, 0.3) is 0 Å². The van der Waals surface area contributed by atoms with Gasteiger partial charge in [-0.05, 0) is 24.1 Å². The number of nitrogens with two attached hydrogens (primary N) is 1. The largest absolute Gasteiger partial charge is 0.396 e. The maximum atomic E-state index is 13.0. The topological polar surface area (TPSA) is 51.8 Å². The minimum Gasteiger partial charge on any atom is -0.396 e. The molecule has 5 heteroatoms. The number of halogens is 1. The molecule has 3 nitrogen and oxygen atoms in total. The Morgan fingerprint density at radius 3 is 2.67 bits per heavy atom. The molecule has 1 aromatic carbocycles. The molecular formula is C13H16FN3S. The van der Waals surface area contributed by atoms with Crippen molar-refractivity contribution in [3.8, 4) is 0 Å². The lowest BCUT2D eigenvalue weighted by atomic mass is 10.1. The summed E-state index contributed by atoms with van der Waals surface area (Å²) in [7, 11) is 0. The van der Waals surface area contributed by atoms with Crippen LogP contribution in [0.25, 0.3) is 0 Å². The van der Waals surface area contributed by atoms with Crippen LogP contribution in [0, 0.1) is 5.82 Å². The maximum absolute atomic E-state index is 13.0. The predicted octanol–water partition coefficient (Wildman–Crippen LogP) is 3.17. The molecule has 0 saturated heterocycles. The molecule has 2 aromatic rings. The van der Waals surface area contributed by atoms with E-state index in [1.54, 1.807) is 23.5 Å². The van der Waals surface area contributed by atoms with Crippen molar-refractivity contribution in [2.45, 2.75) is 32.6 Å². The second-order valence-electron chi connectivity index (χ2n) is 4.54. The van der Waals surface area contributed by atoms with Crippen molar-refractivity contribution in [1.29, 1.82) is 0 Å². The van der Waals surface area contributed by atoms with Gasteiger partial charge < -0.3 is 5.73 Å². The molecule has 1 heterocycles. The summed E-state index contributed by atoms with van der Waals surface area (Å²) in [5.74, 6) is 0.0504. The molecular weight excluding hydrogens is 249 g/mol. The molecule has 2 rings (SSSR count). The first-order valence-corrected chi connectivity index (χ1v) is 6.74. The molecule has 0 aliphatic carbocycles. The first-order chi connectivity index (χ1) is 8.56. The first kappa shape index (κ1) is 13.0. The van der Waals surface area contributed by atoms with Crippen LogP contribution in [0.3, 0.4) is 0 Å². The Bertz CT molecular complexity index is 537. The van der Waals surface area contributed by atoms with Crippen LogP contribution in [0.4, 0.5) is 10.1 Å². The molecule has 96 valence electrons. The lowest BCUT2D eigenvalue weighted by Gasteiger charge is -2.01.